The van der Waals surface area contributed by atoms with Crippen LogP contribution in [0, 0.1) is 0 Å². The fraction of sp³-hybridized carbons (Fsp3) is 0.370. The number of ether oxygens (including phenoxy) is 1. The van der Waals surface area contributed by atoms with E-state index in [0.29, 0.717) is 12.6 Å². The molecule has 32 heavy (non-hydrogen) atoms. The second-order valence-electron chi connectivity index (χ2n) is 8.35. The Morgan fingerprint density at radius 1 is 1.22 bits per heavy atom. The summed E-state index contributed by atoms with van der Waals surface area (Å²) < 4.78 is 12.8. The first-order valence-corrected chi connectivity index (χ1v) is 12.2. The monoisotopic (exact) mass is 495 g/mol. The van der Waals surface area contributed by atoms with Crippen LogP contribution in [0.15, 0.2) is 57.6 Å². The molecule has 0 aliphatic carbocycles. The highest BCUT2D eigenvalue weighted by molar-refractivity contribution is 9.10. The molecule has 0 bridgehead atoms. The van der Waals surface area contributed by atoms with Crippen molar-refractivity contribution < 1.29 is 13.9 Å². The highest BCUT2D eigenvalue weighted by atomic mass is 79.9. The second kappa shape index (κ2) is 9.95. The van der Waals surface area contributed by atoms with Crippen molar-refractivity contribution in [2.45, 2.75) is 52.5 Å². The van der Waals surface area contributed by atoms with Crippen LogP contribution >= 0.6 is 15.9 Å². The lowest BCUT2D eigenvalue weighted by molar-refractivity contribution is -0.129. The van der Waals surface area contributed by atoms with Crippen molar-refractivity contribution in [2.75, 3.05) is 13.2 Å². The number of hydrogen-bond donors (Lipinski definition) is 0. The molecule has 0 N–H and O–H groups in total. The van der Waals surface area contributed by atoms with Crippen LogP contribution in [0.1, 0.15) is 52.0 Å². The summed E-state index contributed by atoms with van der Waals surface area (Å²) in [6, 6.07) is 12.6. The van der Waals surface area contributed by atoms with Crippen LogP contribution in [-0.4, -0.2) is 30.0 Å². The Bertz CT molecular complexity index is 1130. The Labute approximate surface area is 198 Å². The molecule has 3 aromatic rings. The Kier molecular flexibility index (Phi) is 7.04. The number of carbonyl (C=O) groups excluding carboxylic acids is 1. The summed E-state index contributed by atoms with van der Waals surface area (Å²) in [5.74, 6) is 0.834. The van der Waals surface area contributed by atoms with Crippen molar-refractivity contribution in [3.05, 3.63) is 58.8 Å². The third-order valence-electron chi connectivity index (χ3n) is 6.28. The van der Waals surface area contributed by atoms with Gasteiger partial charge in [0.25, 0.3) is 0 Å². The number of rotatable bonds is 6. The van der Waals surface area contributed by atoms with Gasteiger partial charge in [0.1, 0.15) is 11.3 Å². The van der Waals surface area contributed by atoms with E-state index in [0.717, 1.165) is 69.3 Å². The van der Waals surface area contributed by atoms with Crippen molar-refractivity contribution in [2.24, 2.45) is 0 Å². The van der Waals surface area contributed by atoms with E-state index >= 15 is 0 Å². The number of benzene rings is 2. The summed E-state index contributed by atoms with van der Waals surface area (Å²) in [5.41, 5.74) is 4.72. The number of allylic oxidation sites excluding steroid dienone is 1. The van der Waals surface area contributed by atoms with Crippen molar-refractivity contribution in [3.8, 4) is 16.9 Å². The molecule has 4 nitrogen and oxygen atoms in total. The molecule has 4 rings (SSSR count). The van der Waals surface area contributed by atoms with E-state index in [1.54, 1.807) is 12.3 Å². The van der Waals surface area contributed by atoms with Crippen LogP contribution in [-0.2, 0) is 4.79 Å². The highest BCUT2D eigenvalue weighted by Crippen LogP contribution is 2.38. The molecule has 1 aliphatic rings. The molecular formula is C27H30BrNO3. The smallest absolute Gasteiger partial charge is 0.247 e. The number of fused-ring (bicyclic) bond motifs is 1. The third kappa shape index (κ3) is 4.63. The Balaban J connectivity index is 1.74. The molecule has 2 heterocycles. The molecule has 168 valence electrons. The highest BCUT2D eigenvalue weighted by Gasteiger charge is 2.24. The SMILES string of the molecule is CCOc1cc2occ(-c3ccc(Br)cc3)c2cc1/C(C)=C/C(=O)N1CCCCC1CC. The number of piperidine rings is 1. The van der Waals surface area contributed by atoms with Gasteiger partial charge in [0.15, 0.2) is 0 Å². The lowest BCUT2D eigenvalue weighted by Crippen LogP contribution is -2.42. The van der Waals surface area contributed by atoms with Gasteiger partial charge < -0.3 is 14.1 Å². The maximum atomic E-state index is 13.1. The summed E-state index contributed by atoms with van der Waals surface area (Å²) in [6.07, 6.45) is 7.94. The summed E-state index contributed by atoms with van der Waals surface area (Å²) in [7, 11) is 0. The maximum absolute atomic E-state index is 13.1. The quantitative estimate of drug-likeness (QED) is 0.333. The predicted octanol–water partition coefficient (Wildman–Crippen LogP) is 7.46. The second-order valence-corrected chi connectivity index (χ2v) is 9.27. The molecule has 2 aromatic carbocycles. The van der Waals surface area contributed by atoms with Crippen LogP contribution < -0.4 is 4.74 Å². The van der Waals surface area contributed by atoms with E-state index in [4.69, 9.17) is 9.15 Å². The number of hydrogen-bond acceptors (Lipinski definition) is 3. The van der Waals surface area contributed by atoms with Gasteiger partial charge in [-0.2, -0.15) is 0 Å². The number of halogens is 1. The molecule has 1 amide bonds. The maximum Gasteiger partial charge on any atom is 0.247 e. The minimum atomic E-state index is 0.0944. The Morgan fingerprint density at radius 3 is 2.72 bits per heavy atom. The number of amides is 1. The molecule has 1 unspecified atom stereocenters. The van der Waals surface area contributed by atoms with Crippen LogP contribution in [0.25, 0.3) is 27.7 Å². The molecule has 0 spiro atoms. The third-order valence-corrected chi connectivity index (χ3v) is 6.81. The largest absolute Gasteiger partial charge is 0.493 e. The van der Waals surface area contributed by atoms with Crippen LogP contribution in [0.4, 0.5) is 0 Å². The van der Waals surface area contributed by atoms with Gasteiger partial charge in [-0.3, -0.25) is 4.79 Å². The minimum absolute atomic E-state index is 0.0944. The van der Waals surface area contributed by atoms with Gasteiger partial charge in [-0.25, -0.2) is 0 Å². The standard InChI is InChI=1S/C27H30BrNO3/c1-4-21-8-6-7-13-29(21)27(30)14-18(3)22-15-23-24(19-9-11-20(28)12-10-19)17-32-26(23)16-25(22)31-5-2/h9-12,14-17,21H,4-8,13H2,1-3H3/b18-14+. The normalized spacial score (nSPS) is 17.1. The van der Waals surface area contributed by atoms with Crippen molar-refractivity contribution in [1.82, 2.24) is 4.90 Å². The molecule has 1 fully saturated rings. The first kappa shape index (κ1) is 22.7. The summed E-state index contributed by atoms with van der Waals surface area (Å²) in [4.78, 5) is 15.2. The van der Waals surface area contributed by atoms with Gasteiger partial charge in [0, 0.05) is 45.7 Å². The lowest BCUT2D eigenvalue weighted by Gasteiger charge is -2.34. The fourth-order valence-corrected chi connectivity index (χ4v) is 4.82. The van der Waals surface area contributed by atoms with E-state index in [2.05, 4.69) is 41.1 Å². The first-order valence-electron chi connectivity index (χ1n) is 11.4. The zero-order valence-corrected chi connectivity index (χ0v) is 20.6. The van der Waals surface area contributed by atoms with Crippen LogP contribution in [0.5, 0.6) is 5.75 Å². The van der Waals surface area contributed by atoms with E-state index in [9.17, 15) is 4.79 Å². The number of likely N-dealkylation sites (tertiary alicyclic amines) is 1. The average Bonchev–Trinajstić information content (AvgIpc) is 3.22. The molecule has 1 aromatic heterocycles. The van der Waals surface area contributed by atoms with E-state index < -0.39 is 0 Å². The topological polar surface area (TPSA) is 42.7 Å². The van der Waals surface area contributed by atoms with Crippen molar-refractivity contribution in [1.29, 1.82) is 0 Å². The van der Waals surface area contributed by atoms with E-state index in [1.807, 2.05) is 36.9 Å². The molecule has 1 atom stereocenters. The number of carbonyl (C=O) groups is 1. The van der Waals surface area contributed by atoms with Gasteiger partial charge in [0.2, 0.25) is 5.91 Å². The zero-order valence-electron chi connectivity index (χ0n) is 19.0. The molecule has 5 heteroatoms. The van der Waals surface area contributed by atoms with Gasteiger partial charge in [0.05, 0.1) is 12.9 Å². The van der Waals surface area contributed by atoms with Crippen LogP contribution in [0.2, 0.25) is 0 Å². The van der Waals surface area contributed by atoms with Gasteiger partial charge in [-0.15, -0.1) is 0 Å². The first-order chi connectivity index (χ1) is 15.5. The van der Waals surface area contributed by atoms with Crippen LogP contribution in [0.3, 0.4) is 0 Å². The molecule has 0 radical (unpaired) electrons. The Morgan fingerprint density at radius 2 is 2.00 bits per heavy atom. The van der Waals surface area contributed by atoms with Crippen molar-refractivity contribution >= 4 is 38.4 Å². The minimum Gasteiger partial charge on any atom is -0.493 e. The Hall–Kier alpha value is -2.53. The van der Waals surface area contributed by atoms with Gasteiger partial charge in [-0.05, 0) is 68.9 Å². The van der Waals surface area contributed by atoms with Crippen molar-refractivity contribution in [3.63, 3.8) is 0 Å². The number of furan rings is 1. The zero-order chi connectivity index (χ0) is 22.7. The van der Waals surface area contributed by atoms with E-state index in [1.165, 1.54) is 6.42 Å². The summed E-state index contributed by atoms with van der Waals surface area (Å²) in [6.45, 7) is 7.51. The molecular weight excluding hydrogens is 466 g/mol. The van der Waals surface area contributed by atoms with Gasteiger partial charge >= 0.3 is 0 Å². The summed E-state index contributed by atoms with van der Waals surface area (Å²) >= 11 is 3.50. The molecule has 0 saturated carbocycles. The fourth-order valence-electron chi connectivity index (χ4n) is 4.55. The number of nitrogens with zero attached hydrogens (tertiary/aromatic N) is 1. The average molecular weight is 496 g/mol. The molecule has 1 aliphatic heterocycles. The summed E-state index contributed by atoms with van der Waals surface area (Å²) in [5, 5.41) is 1.01. The van der Waals surface area contributed by atoms with E-state index in [-0.39, 0.29) is 5.91 Å². The van der Waals surface area contributed by atoms with Gasteiger partial charge in [-0.1, -0.05) is 35.0 Å². The lowest BCUT2D eigenvalue weighted by atomic mass is 9.98. The molecule has 1 saturated heterocycles. The predicted molar refractivity (Wildman–Crippen MR) is 134 cm³/mol.